The Balaban J connectivity index is 1.84. The van der Waals surface area contributed by atoms with Crippen LogP contribution in [0.3, 0.4) is 0 Å². The number of rotatable bonds is 5. The summed E-state index contributed by atoms with van der Waals surface area (Å²) in [6.45, 7) is 3.05. The molecule has 0 aliphatic carbocycles. The molecule has 1 amide bonds. The maximum Gasteiger partial charge on any atom is 0.254 e. The minimum Gasteiger partial charge on any atom is -0.335 e. The lowest BCUT2D eigenvalue weighted by atomic mass is 10.1. The van der Waals surface area contributed by atoms with E-state index in [2.05, 4.69) is 0 Å². The molecule has 1 saturated heterocycles. The number of amides is 1. The highest BCUT2D eigenvalue weighted by atomic mass is 32.2. The second kappa shape index (κ2) is 7.60. The Labute approximate surface area is 155 Å². The van der Waals surface area contributed by atoms with E-state index in [9.17, 15) is 13.2 Å². The van der Waals surface area contributed by atoms with Crippen molar-refractivity contribution in [2.24, 2.45) is 0 Å². The van der Waals surface area contributed by atoms with Crippen LogP contribution in [-0.4, -0.2) is 43.7 Å². The van der Waals surface area contributed by atoms with Crippen LogP contribution in [0.2, 0.25) is 0 Å². The summed E-state index contributed by atoms with van der Waals surface area (Å²) in [5, 5.41) is 0. The molecule has 138 valence electrons. The van der Waals surface area contributed by atoms with E-state index < -0.39 is 10.0 Å². The number of hydrogen-bond donors (Lipinski definition) is 0. The van der Waals surface area contributed by atoms with Gasteiger partial charge in [-0.05, 0) is 43.5 Å². The molecule has 2 aromatic rings. The van der Waals surface area contributed by atoms with Gasteiger partial charge in [0.15, 0.2) is 0 Å². The van der Waals surface area contributed by atoms with Gasteiger partial charge < -0.3 is 4.90 Å². The first-order valence-electron chi connectivity index (χ1n) is 8.83. The van der Waals surface area contributed by atoms with Crippen LogP contribution in [0.4, 0.5) is 0 Å². The van der Waals surface area contributed by atoms with Gasteiger partial charge in [-0.15, -0.1) is 0 Å². The Kier molecular flexibility index (Phi) is 5.44. The molecule has 0 N–H and O–H groups in total. The highest BCUT2D eigenvalue weighted by Gasteiger charge is 2.28. The molecule has 1 fully saturated rings. The molecule has 0 aromatic heterocycles. The summed E-state index contributed by atoms with van der Waals surface area (Å²) >= 11 is 0. The maximum absolute atomic E-state index is 12.9. The van der Waals surface area contributed by atoms with Crippen LogP contribution in [0.15, 0.2) is 59.5 Å². The quantitative estimate of drug-likeness (QED) is 0.809. The van der Waals surface area contributed by atoms with Crippen molar-refractivity contribution in [2.45, 2.75) is 30.7 Å². The largest absolute Gasteiger partial charge is 0.335 e. The zero-order valence-corrected chi connectivity index (χ0v) is 15.9. The van der Waals surface area contributed by atoms with Gasteiger partial charge in [0.05, 0.1) is 10.9 Å². The minimum absolute atomic E-state index is 0.109. The summed E-state index contributed by atoms with van der Waals surface area (Å²) in [6, 6.07) is 16.0. The van der Waals surface area contributed by atoms with E-state index in [1.807, 2.05) is 37.3 Å². The zero-order chi connectivity index (χ0) is 18.7. The number of carbonyl (C=O) groups is 1. The predicted molar refractivity (Wildman–Crippen MR) is 101 cm³/mol. The highest BCUT2D eigenvalue weighted by Crippen LogP contribution is 2.24. The van der Waals surface area contributed by atoms with Crippen molar-refractivity contribution < 1.29 is 13.2 Å². The van der Waals surface area contributed by atoms with Crippen LogP contribution >= 0.6 is 0 Å². The third-order valence-electron chi connectivity index (χ3n) is 4.97. The van der Waals surface area contributed by atoms with Gasteiger partial charge in [0.1, 0.15) is 0 Å². The lowest BCUT2D eigenvalue weighted by molar-refractivity contribution is 0.0742. The van der Waals surface area contributed by atoms with Crippen molar-refractivity contribution in [3.63, 3.8) is 0 Å². The normalized spacial score (nSPS) is 16.4. The van der Waals surface area contributed by atoms with Crippen LogP contribution in [0, 0.1) is 0 Å². The van der Waals surface area contributed by atoms with E-state index in [-0.39, 0.29) is 16.8 Å². The molecule has 1 heterocycles. The van der Waals surface area contributed by atoms with Gasteiger partial charge in [-0.25, -0.2) is 8.42 Å². The fourth-order valence-electron chi connectivity index (χ4n) is 3.20. The second-order valence-electron chi connectivity index (χ2n) is 6.64. The molecule has 26 heavy (non-hydrogen) atoms. The number of nitrogens with zero attached hydrogens (tertiary/aromatic N) is 2. The predicted octanol–water partition coefficient (Wildman–Crippen LogP) is 3.30. The summed E-state index contributed by atoms with van der Waals surface area (Å²) < 4.78 is 27.0. The van der Waals surface area contributed by atoms with E-state index in [1.165, 1.54) is 10.4 Å². The molecule has 0 spiro atoms. The smallest absolute Gasteiger partial charge is 0.254 e. The molecule has 2 aromatic carbocycles. The lowest BCUT2D eigenvalue weighted by Crippen LogP contribution is -2.30. The van der Waals surface area contributed by atoms with Crippen molar-refractivity contribution in [1.82, 2.24) is 9.21 Å². The van der Waals surface area contributed by atoms with E-state index >= 15 is 0 Å². The van der Waals surface area contributed by atoms with Gasteiger partial charge in [0.25, 0.3) is 5.91 Å². The number of benzene rings is 2. The van der Waals surface area contributed by atoms with Crippen molar-refractivity contribution in [1.29, 1.82) is 0 Å². The van der Waals surface area contributed by atoms with Crippen LogP contribution in [0.5, 0.6) is 0 Å². The van der Waals surface area contributed by atoms with Crippen LogP contribution in [-0.2, 0) is 10.0 Å². The zero-order valence-electron chi connectivity index (χ0n) is 15.1. The van der Waals surface area contributed by atoms with Crippen LogP contribution in [0.25, 0.3) is 0 Å². The first-order valence-corrected chi connectivity index (χ1v) is 10.3. The number of hydrogen-bond acceptors (Lipinski definition) is 3. The van der Waals surface area contributed by atoms with Crippen molar-refractivity contribution in [3.8, 4) is 0 Å². The topological polar surface area (TPSA) is 57.7 Å². The number of sulfonamides is 1. The van der Waals surface area contributed by atoms with Crippen molar-refractivity contribution >= 4 is 15.9 Å². The first kappa shape index (κ1) is 18.6. The van der Waals surface area contributed by atoms with Crippen LogP contribution < -0.4 is 0 Å². The second-order valence-corrected chi connectivity index (χ2v) is 8.58. The van der Waals surface area contributed by atoms with Gasteiger partial charge in [0, 0.05) is 25.7 Å². The standard InChI is InChI=1S/C20H24N2O3S/c1-16(17-9-4-3-5-10-17)21(2)20(23)18-11-8-12-19(15-18)26(24,25)22-13-6-7-14-22/h3-5,8-12,15-16H,6-7,13-14H2,1-2H3. The Bertz CT molecular complexity index is 875. The highest BCUT2D eigenvalue weighted by molar-refractivity contribution is 7.89. The summed E-state index contributed by atoms with van der Waals surface area (Å²) in [5.41, 5.74) is 1.42. The third-order valence-corrected chi connectivity index (χ3v) is 6.86. The molecule has 1 unspecified atom stereocenters. The fourth-order valence-corrected chi connectivity index (χ4v) is 4.77. The van der Waals surface area contributed by atoms with Crippen molar-refractivity contribution in [3.05, 3.63) is 65.7 Å². The van der Waals surface area contributed by atoms with Crippen LogP contribution in [0.1, 0.15) is 41.7 Å². The van der Waals surface area contributed by atoms with Gasteiger partial charge >= 0.3 is 0 Å². The van der Waals surface area contributed by atoms with Gasteiger partial charge in [-0.1, -0.05) is 36.4 Å². The lowest BCUT2D eigenvalue weighted by Gasteiger charge is -2.25. The molecule has 0 saturated carbocycles. The molecule has 1 aliphatic heterocycles. The van der Waals surface area contributed by atoms with Gasteiger partial charge in [-0.3, -0.25) is 4.79 Å². The molecule has 1 aliphatic rings. The Hall–Kier alpha value is -2.18. The molecule has 0 bridgehead atoms. The van der Waals surface area contributed by atoms with E-state index in [0.717, 1.165) is 18.4 Å². The summed E-state index contributed by atoms with van der Waals surface area (Å²) in [7, 11) is -1.79. The summed E-state index contributed by atoms with van der Waals surface area (Å²) in [6.07, 6.45) is 1.77. The fraction of sp³-hybridized carbons (Fsp3) is 0.350. The molecule has 0 radical (unpaired) electrons. The summed E-state index contributed by atoms with van der Waals surface area (Å²) in [4.78, 5) is 14.7. The van der Waals surface area contributed by atoms with E-state index in [4.69, 9.17) is 0 Å². The van der Waals surface area contributed by atoms with E-state index in [0.29, 0.717) is 18.7 Å². The summed E-state index contributed by atoms with van der Waals surface area (Å²) in [5.74, 6) is -0.195. The van der Waals surface area contributed by atoms with E-state index in [1.54, 1.807) is 30.1 Å². The maximum atomic E-state index is 12.9. The molecular formula is C20H24N2O3S. The molecular weight excluding hydrogens is 348 g/mol. The third kappa shape index (κ3) is 3.66. The average Bonchev–Trinajstić information content (AvgIpc) is 3.23. The Morgan fingerprint density at radius 3 is 2.35 bits per heavy atom. The number of carbonyl (C=O) groups excluding carboxylic acids is 1. The van der Waals surface area contributed by atoms with Crippen molar-refractivity contribution in [2.75, 3.05) is 20.1 Å². The van der Waals surface area contributed by atoms with Gasteiger partial charge in [0.2, 0.25) is 10.0 Å². The molecule has 3 rings (SSSR count). The molecule has 5 nitrogen and oxygen atoms in total. The molecule has 6 heteroatoms. The first-order chi connectivity index (χ1) is 12.4. The Morgan fingerprint density at radius 1 is 1.04 bits per heavy atom. The molecule has 1 atom stereocenters. The van der Waals surface area contributed by atoms with Gasteiger partial charge in [-0.2, -0.15) is 4.31 Å². The average molecular weight is 372 g/mol. The monoisotopic (exact) mass is 372 g/mol. The Morgan fingerprint density at radius 2 is 1.69 bits per heavy atom. The minimum atomic E-state index is -3.53. The SMILES string of the molecule is CC(c1ccccc1)N(C)C(=O)c1cccc(S(=O)(=O)N2CCCC2)c1.